The number of rotatable bonds is 7. The SMILES string of the molecule is Cc1noc(CSc2ccccc2C(=O)NCCC(=O)N2CCCC2)n1. The Morgan fingerprint density at radius 2 is 2.04 bits per heavy atom. The molecule has 8 heteroatoms. The minimum Gasteiger partial charge on any atom is -0.351 e. The van der Waals surface area contributed by atoms with E-state index in [9.17, 15) is 9.59 Å². The van der Waals surface area contributed by atoms with Crippen LogP contribution in [0.4, 0.5) is 0 Å². The van der Waals surface area contributed by atoms with Crippen molar-refractivity contribution in [1.29, 1.82) is 0 Å². The van der Waals surface area contributed by atoms with Crippen molar-refractivity contribution < 1.29 is 14.1 Å². The lowest BCUT2D eigenvalue weighted by atomic mass is 10.2. The summed E-state index contributed by atoms with van der Waals surface area (Å²) in [5.41, 5.74) is 0.586. The summed E-state index contributed by atoms with van der Waals surface area (Å²) < 4.78 is 5.10. The molecule has 1 aromatic carbocycles. The molecule has 0 radical (unpaired) electrons. The molecular formula is C18H22N4O3S. The molecule has 1 N–H and O–H groups in total. The molecule has 7 nitrogen and oxygen atoms in total. The van der Waals surface area contributed by atoms with Gasteiger partial charge < -0.3 is 14.7 Å². The highest BCUT2D eigenvalue weighted by atomic mass is 32.2. The molecule has 0 spiro atoms. The first kappa shape index (κ1) is 18.4. The molecule has 2 heterocycles. The standard InChI is InChI=1S/C18H22N4O3S/c1-13-20-16(25-21-13)12-26-15-7-3-2-6-14(15)18(24)19-9-8-17(23)22-10-4-5-11-22/h2-3,6-7H,4-5,8-12H2,1H3,(H,19,24). The van der Waals surface area contributed by atoms with Crippen LogP contribution in [0.1, 0.15) is 41.3 Å². The van der Waals surface area contributed by atoms with E-state index < -0.39 is 0 Å². The summed E-state index contributed by atoms with van der Waals surface area (Å²) in [7, 11) is 0. The number of nitrogens with one attached hydrogen (secondary N) is 1. The Hall–Kier alpha value is -2.35. The molecule has 1 aromatic heterocycles. The molecule has 138 valence electrons. The number of likely N-dealkylation sites (tertiary alicyclic amines) is 1. The largest absolute Gasteiger partial charge is 0.351 e. The van der Waals surface area contributed by atoms with Crippen molar-refractivity contribution in [2.24, 2.45) is 0 Å². The minimum atomic E-state index is -0.177. The first-order chi connectivity index (χ1) is 12.6. The minimum absolute atomic E-state index is 0.109. The highest BCUT2D eigenvalue weighted by molar-refractivity contribution is 7.98. The van der Waals surface area contributed by atoms with Gasteiger partial charge in [0.15, 0.2) is 5.82 Å². The predicted octanol–water partition coefficient (Wildman–Crippen LogP) is 2.41. The number of hydrogen-bond donors (Lipinski definition) is 1. The van der Waals surface area contributed by atoms with E-state index in [4.69, 9.17) is 4.52 Å². The monoisotopic (exact) mass is 374 g/mol. The van der Waals surface area contributed by atoms with E-state index in [2.05, 4.69) is 15.5 Å². The highest BCUT2D eigenvalue weighted by Crippen LogP contribution is 2.25. The van der Waals surface area contributed by atoms with E-state index >= 15 is 0 Å². The Morgan fingerprint density at radius 1 is 1.27 bits per heavy atom. The van der Waals surface area contributed by atoms with Crippen molar-refractivity contribution in [3.8, 4) is 0 Å². The normalized spacial score (nSPS) is 13.8. The summed E-state index contributed by atoms with van der Waals surface area (Å²) in [5, 5.41) is 6.61. The number of aryl methyl sites for hydroxylation is 1. The molecule has 26 heavy (non-hydrogen) atoms. The molecule has 1 saturated heterocycles. The van der Waals surface area contributed by atoms with Crippen molar-refractivity contribution in [3.05, 3.63) is 41.5 Å². The molecule has 2 amide bonds. The quantitative estimate of drug-likeness (QED) is 0.749. The maximum absolute atomic E-state index is 12.5. The summed E-state index contributed by atoms with van der Waals surface area (Å²) in [4.78, 5) is 31.4. The first-order valence-corrected chi connectivity index (χ1v) is 9.69. The zero-order valence-electron chi connectivity index (χ0n) is 14.7. The second kappa shape index (κ2) is 8.84. The number of hydrogen-bond acceptors (Lipinski definition) is 6. The van der Waals surface area contributed by atoms with E-state index in [1.54, 1.807) is 13.0 Å². The van der Waals surface area contributed by atoms with Gasteiger partial charge in [-0.25, -0.2) is 0 Å². The van der Waals surface area contributed by atoms with Crippen molar-refractivity contribution in [2.45, 2.75) is 36.8 Å². The van der Waals surface area contributed by atoms with Crippen LogP contribution in [-0.4, -0.2) is 46.5 Å². The smallest absolute Gasteiger partial charge is 0.252 e. The van der Waals surface area contributed by atoms with Crippen molar-refractivity contribution in [2.75, 3.05) is 19.6 Å². The number of amides is 2. The maximum Gasteiger partial charge on any atom is 0.252 e. The van der Waals surface area contributed by atoms with Crippen molar-refractivity contribution in [3.63, 3.8) is 0 Å². The van der Waals surface area contributed by atoms with Gasteiger partial charge >= 0.3 is 0 Å². The van der Waals surface area contributed by atoms with Crippen LogP contribution in [0.3, 0.4) is 0 Å². The molecule has 0 bridgehead atoms. The lowest BCUT2D eigenvalue weighted by molar-refractivity contribution is -0.129. The summed E-state index contributed by atoms with van der Waals surface area (Å²) in [6.45, 7) is 3.78. The van der Waals surface area contributed by atoms with Gasteiger partial charge in [-0.2, -0.15) is 4.98 Å². The lowest BCUT2D eigenvalue weighted by Gasteiger charge is -2.15. The zero-order valence-corrected chi connectivity index (χ0v) is 15.6. The van der Waals surface area contributed by atoms with Crippen molar-refractivity contribution in [1.82, 2.24) is 20.4 Å². The molecular weight excluding hydrogens is 352 g/mol. The Bertz CT molecular complexity index is 771. The molecule has 2 aromatic rings. The molecule has 3 rings (SSSR count). The third-order valence-electron chi connectivity index (χ3n) is 4.14. The molecule has 0 saturated carbocycles. The van der Waals surface area contributed by atoms with E-state index in [0.717, 1.165) is 30.8 Å². The van der Waals surface area contributed by atoms with Crippen LogP contribution in [0.15, 0.2) is 33.7 Å². The second-order valence-electron chi connectivity index (χ2n) is 6.11. The van der Waals surface area contributed by atoms with Gasteiger partial charge in [0.05, 0.1) is 11.3 Å². The third-order valence-corrected chi connectivity index (χ3v) is 5.19. The van der Waals surface area contributed by atoms with Gasteiger partial charge in [-0.15, -0.1) is 11.8 Å². The topological polar surface area (TPSA) is 88.3 Å². The fourth-order valence-corrected chi connectivity index (χ4v) is 3.71. The van der Waals surface area contributed by atoms with Crippen LogP contribution >= 0.6 is 11.8 Å². The van der Waals surface area contributed by atoms with Crippen LogP contribution in [0.2, 0.25) is 0 Å². The number of thioether (sulfide) groups is 1. The third kappa shape index (κ3) is 4.85. The molecule has 1 aliphatic heterocycles. The second-order valence-corrected chi connectivity index (χ2v) is 7.13. The van der Waals surface area contributed by atoms with Gasteiger partial charge in [0, 0.05) is 31.0 Å². The fourth-order valence-electron chi connectivity index (χ4n) is 2.82. The Morgan fingerprint density at radius 3 is 2.77 bits per heavy atom. The Kier molecular flexibility index (Phi) is 6.27. The van der Waals surface area contributed by atoms with Gasteiger partial charge in [-0.05, 0) is 31.9 Å². The Balaban J connectivity index is 1.52. The van der Waals surface area contributed by atoms with Crippen molar-refractivity contribution >= 4 is 23.6 Å². The molecule has 0 unspecified atom stereocenters. The number of carbonyl (C=O) groups excluding carboxylic acids is 2. The molecule has 0 atom stereocenters. The van der Waals surface area contributed by atoms with Gasteiger partial charge in [-0.3, -0.25) is 9.59 Å². The average molecular weight is 374 g/mol. The summed E-state index contributed by atoms with van der Waals surface area (Å²) in [6, 6.07) is 7.37. The summed E-state index contributed by atoms with van der Waals surface area (Å²) in [5.74, 6) is 1.55. The van der Waals surface area contributed by atoms with Crippen LogP contribution in [-0.2, 0) is 10.5 Å². The highest BCUT2D eigenvalue weighted by Gasteiger charge is 2.18. The van der Waals surface area contributed by atoms with E-state index in [1.807, 2.05) is 23.1 Å². The number of aromatic nitrogens is 2. The predicted molar refractivity (Wildman–Crippen MR) is 97.8 cm³/mol. The van der Waals surface area contributed by atoms with Gasteiger partial charge in [-0.1, -0.05) is 17.3 Å². The molecule has 1 fully saturated rings. The number of benzene rings is 1. The lowest BCUT2D eigenvalue weighted by Crippen LogP contribution is -2.32. The summed E-state index contributed by atoms with van der Waals surface area (Å²) >= 11 is 1.47. The van der Waals surface area contributed by atoms with E-state index in [0.29, 0.717) is 36.0 Å². The van der Waals surface area contributed by atoms with Crippen LogP contribution in [0, 0.1) is 6.92 Å². The Labute approximate surface area is 156 Å². The number of nitrogens with zero attached hydrogens (tertiary/aromatic N) is 3. The van der Waals surface area contributed by atoms with Gasteiger partial charge in [0.2, 0.25) is 11.8 Å². The van der Waals surface area contributed by atoms with Crippen LogP contribution < -0.4 is 5.32 Å². The molecule has 0 aliphatic carbocycles. The average Bonchev–Trinajstić information content (AvgIpc) is 3.32. The summed E-state index contributed by atoms with van der Waals surface area (Å²) in [6.07, 6.45) is 2.48. The molecule has 1 aliphatic rings. The van der Waals surface area contributed by atoms with Crippen LogP contribution in [0.5, 0.6) is 0 Å². The zero-order chi connectivity index (χ0) is 18.4. The van der Waals surface area contributed by atoms with E-state index in [-0.39, 0.29) is 11.8 Å². The number of carbonyl (C=O) groups is 2. The fraction of sp³-hybridized carbons (Fsp3) is 0.444. The maximum atomic E-state index is 12.5. The van der Waals surface area contributed by atoms with Gasteiger partial charge in [0.25, 0.3) is 5.91 Å². The van der Waals surface area contributed by atoms with Gasteiger partial charge in [0.1, 0.15) is 0 Å². The first-order valence-electron chi connectivity index (χ1n) is 8.70. The van der Waals surface area contributed by atoms with E-state index in [1.165, 1.54) is 11.8 Å². The van der Waals surface area contributed by atoms with Crippen LogP contribution in [0.25, 0.3) is 0 Å².